The van der Waals surface area contributed by atoms with Crippen LogP contribution in [0.2, 0.25) is 0 Å². The molecule has 6 nitrogen and oxygen atoms in total. The van der Waals surface area contributed by atoms with Crippen LogP contribution in [0.3, 0.4) is 0 Å². The van der Waals surface area contributed by atoms with E-state index in [0.29, 0.717) is 19.7 Å². The summed E-state index contributed by atoms with van der Waals surface area (Å²) in [6.45, 7) is 7.34. The zero-order valence-electron chi connectivity index (χ0n) is 16.9. The highest BCUT2D eigenvalue weighted by Crippen LogP contribution is 2.28. The van der Waals surface area contributed by atoms with Crippen molar-refractivity contribution in [2.45, 2.75) is 19.9 Å². The van der Waals surface area contributed by atoms with Crippen molar-refractivity contribution in [1.82, 2.24) is 10.2 Å². The van der Waals surface area contributed by atoms with Gasteiger partial charge in [0.2, 0.25) is 0 Å². The molecular weight excluding hydrogens is 354 g/mol. The molecule has 3 rings (SSSR count). The third kappa shape index (κ3) is 5.09. The number of piperazine rings is 1. The van der Waals surface area contributed by atoms with Gasteiger partial charge in [-0.2, -0.15) is 0 Å². The van der Waals surface area contributed by atoms with Crippen molar-refractivity contribution in [3.8, 4) is 11.5 Å². The summed E-state index contributed by atoms with van der Waals surface area (Å²) in [5.41, 5.74) is 2.23. The second kappa shape index (κ2) is 9.35. The summed E-state index contributed by atoms with van der Waals surface area (Å²) < 4.78 is 11.2. The lowest BCUT2D eigenvalue weighted by Gasteiger charge is -2.37. The Labute approximate surface area is 167 Å². The number of carbonyl (C=O) groups excluding carboxylic acids is 1. The SMILES string of the molecule is COc1ccccc1N1CCN(C(=O)NC(C)COc2cccc(C)c2)CC1. The van der Waals surface area contributed by atoms with Gasteiger partial charge in [0.1, 0.15) is 18.1 Å². The molecule has 1 aliphatic rings. The molecule has 0 aliphatic carbocycles. The van der Waals surface area contributed by atoms with Crippen LogP contribution in [0.25, 0.3) is 0 Å². The Balaban J connectivity index is 1.45. The minimum absolute atomic E-state index is 0.0416. The molecule has 0 spiro atoms. The Morgan fingerprint density at radius 1 is 1.11 bits per heavy atom. The number of urea groups is 1. The van der Waals surface area contributed by atoms with E-state index in [1.165, 1.54) is 0 Å². The Kier molecular flexibility index (Phi) is 6.63. The Hall–Kier alpha value is -2.89. The number of anilines is 1. The predicted octanol–water partition coefficient (Wildman–Crippen LogP) is 3.30. The number of hydrogen-bond donors (Lipinski definition) is 1. The third-order valence-corrected chi connectivity index (χ3v) is 4.85. The number of benzene rings is 2. The van der Waals surface area contributed by atoms with Gasteiger partial charge in [0.15, 0.2) is 0 Å². The molecule has 6 heteroatoms. The number of ether oxygens (including phenoxy) is 2. The van der Waals surface area contributed by atoms with Crippen LogP contribution in [0.1, 0.15) is 12.5 Å². The zero-order valence-corrected chi connectivity index (χ0v) is 16.9. The second-order valence-electron chi connectivity index (χ2n) is 7.12. The summed E-state index contributed by atoms with van der Waals surface area (Å²) in [5, 5.41) is 3.03. The highest BCUT2D eigenvalue weighted by molar-refractivity contribution is 5.75. The monoisotopic (exact) mass is 383 g/mol. The number of para-hydroxylation sites is 2. The molecule has 150 valence electrons. The maximum absolute atomic E-state index is 12.6. The van der Waals surface area contributed by atoms with E-state index in [1.54, 1.807) is 7.11 Å². The highest BCUT2D eigenvalue weighted by atomic mass is 16.5. The standard InChI is InChI=1S/C22H29N3O3/c1-17-7-6-8-19(15-17)28-16-18(2)23-22(26)25-13-11-24(12-14-25)20-9-4-5-10-21(20)27-3/h4-10,15,18H,11-14,16H2,1-3H3,(H,23,26). The Morgan fingerprint density at radius 3 is 2.57 bits per heavy atom. The molecule has 1 unspecified atom stereocenters. The molecule has 1 fully saturated rings. The molecule has 1 atom stereocenters. The van der Waals surface area contributed by atoms with Crippen LogP contribution in [0.5, 0.6) is 11.5 Å². The molecule has 1 heterocycles. The molecule has 0 radical (unpaired) electrons. The highest BCUT2D eigenvalue weighted by Gasteiger charge is 2.23. The van der Waals surface area contributed by atoms with Crippen LogP contribution in [-0.2, 0) is 0 Å². The van der Waals surface area contributed by atoms with E-state index >= 15 is 0 Å². The number of nitrogens with zero attached hydrogens (tertiary/aromatic N) is 2. The van der Waals surface area contributed by atoms with Gasteiger partial charge in [0.25, 0.3) is 0 Å². The largest absolute Gasteiger partial charge is 0.495 e. The first kappa shape index (κ1) is 19.9. The van der Waals surface area contributed by atoms with Gasteiger partial charge < -0.3 is 24.6 Å². The molecule has 2 aromatic rings. The number of rotatable bonds is 6. The fourth-order valence-corrected chi connectivity index (χ4v) is 3.31. The van der Waals surface area contributed by atoms with Crippen LogP contribution in [-0.4, -0.2) is 56.9 Å². The number of hydrogen-bond acceptors (Lipinski definition) is 4. The van der Waals surface area contributed by atoms with Crippen LogP contribution in [0, 0.1) is 6.92 Å². The molecule has 28 heavy (non-hydrogen) atoms. The number of nitrogens with one attached hydrogen (secondary N) is 1. The molecule has 0 aromatic heterocycles. The van der Waals surface area contributed by atoms with Gasteiger partial charge in [-0.25, -0.2) is 4.79 Å². The lowest BCUT2D eigenvalue weighted by molar-refractivity contribution is 0.184. The Bertz CT molecular complexity index is 788. The van der Waals surface area contributed by atoms with E-state index in [2.05, 4.69) is 16.3 Å². The van der Waals surface area contributed by atoms with Gasteiger partial charge in [0, 0.05) is 26.2 Å². The maximum atomic E-state index is 12.6. The van der Waals surface area contributed by atoms with Gasteiger partial charge in [-0.15, -0.1) is 0 Å². The Morgan fingerprint density at radius 2 is 1.86 bits per heavy atom. The summed E-state index contributed by atoms with van der Waals surface area (Å²) in [5.74, 6) is 1.69. The quantitative estimate of drug-likeness (QED) is 0.832. The lowest BCUT2D eigenvalue weighted by atomic mass is 10.2. The third-order valence-electron chi connectivity index (χ3n) is 4.85. The van der Waals surface area contributed by atoms with E-state index in [0.717, 1.165) is 35.8 Å². The smallest absolute Gasteiger partial charge is 0.317 e. The number of amides is 2. The van der Waals surface area contributed by atoms with Crippen molar-refractivity contribution in [2.75, 3.05) is 44.8 Å². The van der Waals surface area contributed by atoms with E-state index in [1.807, 2.05) is 61.2 Å². The molecule has 1 saturated heterocycles. The van der Waals surface area contributed by atoms with Crippen LogP contribution in [0.4, 0.5) is 10.5 Å². The van der Waals surface area contributed by atoms with Gasteiger partial charge in [-0.1, -0.05) is 24.3 Å². The lowest BCUT2D eigenvalue weighted by Crippen LogP contribution is -2.53. The topological polar surface area (TPSA) is 54.0 Å². The summed E-state index contributed by atoms with van der Waals surface area (Å²) >= 11 is 0. The van der Waals surface area contributed by atoms with Crippen molar-refractivity contribution in [3.05, 3.63) is 54.1 Å². The number of carbonyl (C=O) groups is 1. The fourth-order valence-electron chi connectivity index (χ4n) is 3.31. The van der Waals surface area contributed by atoms with E-state index in [9.17, 15) is 4.79 Å². The van der Waals surface area contributed by atoms with E-state index < -0.39 is 0 Å². The summed E-state index contributed by atoms with van der Waals surface area (Å²) in [6.07, 6.45) is 0. The summed E-state index contributed by atoms with van der Waals surface area (Å²) in [6, 6.07) is 15.8. The fraction of sp³-hybridized carbons (Fsp3) is 0.409. The summed E-state index contributed by atoms with van der Waals surface area (Å²) in [4.78, 5) is 16.7. The molecule has 2 aromatic carbocycles. The minimum atomic E-state index is -0.0692. The summed E-state index contributed by atoms with van der Waals surface area (Å²) in [7, 11) is 1.68. The van der Waals surface area contributed by atoms with Crippen molar-refractivity contribution in [1.29, 1.82) is 0 Å². The van der Waals surface area contributed by atoms with Gasteiger partial charge >= 0.3 is 6.03 Å². The van der Waals surface area contributed by atoms with Gasteiger partial charge in [-0.3, -0.25) is 0 Å². The molecule has 0 saturated carbocycles. The normalized spacial score (nSPS) is 15.1. The molecule has 1 N–H and O–H groups in total. The van der Waals surface area contributed by atoms with Crippen molar-refractivity contribution < 1.29 is 14.3 Å². The van der Waals surface area contributed by atoms with Crippen molar-refractivity contribution in [3.63, 3.8) is 0 Å². The molecule has 1 aliphatic heterocycles. The molecular formula is C22H29N3O3. The number of methoxy groups -OCH3 is 1. The second-order valence-corrected chi connectivity index (χ2v) is 7.12. The predicted molar refractivity (Wildman–Crippen MR) is 111 cm³/mol. The number of aryl methyl sites for hydroxylation is 1. The average Bonchev–Trinajstić information content (AvgIpc) is 2.72. The van der Waals surface area contributed by atoms with Gasteiger partial charge in [0.05, 0.1) is 18.8 Å². The van der Waals surface area contributed by atoms with E-state index in [4.69, 9.17) is 9.47 Å². The van der Waals surface area contributed by atoms with Crippen molar-refractivity contribution >= 4 is 11.7 Å². The van der Waals surface area contributed by atoms with Crippen molar-refractivity contribution in [2.24, 2.45) is 0 Å². The maximum Gasteiger partial charge on any atom is 0.317 e. The first-order valence-corrected chi connectivity index (χ1v) is 9.69. The zero-order chi connectivity index (χ0) is 19.9. The minimum Gasteiger partial charge on any atom is -0.495 e. The van der Waals surface area contributed by atoms with Crippen LogP contribution >= 0.6 is 0 Å². The van der Waals surface area contributed by atoms with E-state index in [-0.39, 0.29) is 12.1 Å². The molecule has 0 bridgehead atoms. The first-order chi connectivity index (χ1) is 13.6. The van der Waals surface area contributed by atoms with Crippen LogP contribution in [0.15, 0.2) is 48.5 Å². The van der Waals surface area contributed by atoms with Crippen LogP contribution < -0.4 is 19.7 Å². The molecule has 2 amide bonds. The first-order valence-electron chi connectivity index (χ1n) is 9.69. The van der Waals surface area contributed by atoms with Gasteiger partial charge in [-0.05, 0) is 43.7 Å². The average molecular weight is 383 g/mol.